The molecular formula is C8H6N2O2. The second-order valence-corrected chi connectivity index (χ2v) is 1.95. The Morgan fingerprint density at radius 2 is 2.42 bits per heavy atom. The average Bonchev–Trinajstić information content (AvgIpc) is 2.05. The van der Waals surface area contributed by atoms with Crippen molar-refractivity contribution in [1.82, 2.24) is 4.98 Å². The molecule has 0 fully saturated rings. The number of nitrogens with two attached hydrogens (primary N) is 1. The first kappa shape index (κ1) is 8.08. The van der Waals surface area contributed by atoms with Crippen molar-refractivity contribution in [3.63, 3.8) is 0 Å². The van der Waals surface area contributed by atoms with E-state index in [2.05, 4.69) is 15.6 Å². The summed E-state index contributed by atoms with van der Waals surface area (Å²) in [4.78, 5) is 14.0. The summed E-state index contributed by atoms with van der Waals surface area (Å²) in [5, 5.41) is 0. The van der Waals surface area contributed by atoms with Crippen molar-refractivity contribution in [2.45, 2.75) is 0 Å². The zero-order chi connectivity index (χ0) is 8.97. The quantitative estimate of drug-likeness (QED) is 0.612. The van der Waals surface area contributed by atoms with Crippen molar-refractivity contribution in [1.29, 1.82) is 0 Å². The predicted octanol–water partition coefficient (Wildman–Crippen LogP) is 0.520. The van der Waals surface area contributed by atoms with Crippen LogP contribution in [0, 0.1) is 12.3 Å². The minimum absolute atomic E-state index is 0.140. The highest BCUT2D eigenvalue weighted by Gasteiger charge is 1.98. The van der Waals surface area contributed by atoms with Gasteiger partial charge in [-0.15, -0.1) is 6.42 Å². The summed E-state index contributed by atoms with van der Waals surface area (Å²) in [5.74, 6) is 2.51. The van der Waals surface area contributed by atoms with Gasteiger partial charge in [0.05, 0.1) is 0 Å². The fourth-order valence-electron chi connectivity index (χ4n) is 0.629. The van der Waals surface area contributed by atoms with Gasteiger partial charge in [-0.2, -0.15) is 0 Å². The number of carbonyl (C=O) groups is 1. The molecule has 1 aromatic rings. The van der Waals surface area contributed by atoms with Crippen molar-refractivity contribution in [3.05, 3.63) is 23.9 Å². The number of ether oxygens (including phenoxy) is 1. The molecule has 4 nitrogen and oxygen atoms in total. The highest BCUT2D eigenvalue weighted by Crippen LogP contribution is 2.05. The third-order valence-corrected chi connectivity index (χ3v) is 1.11. The van der Waals surface area contributed by atoms with E-state index in [0.717, 1.165) is 0 Å². The molecule has 0 unspecified atom stereocenters. The molecule has 0 saturated heterocycles. The van der Waals surface area contributed by atoms with Crippen molar-refractivity contribution < 1.29 is 9.53 Å². The van der Waals surface area contributed by atoms with Crippen LogP contribution in [0.25, 0.3) is 0 Å². The van der Waals surface area contributed by atoms with E-state index >= 15 is 0 Å². The number of pyridine rings is 1. The van der Waals surface area contributed by atoms with E-state index in [1.54, 1.807) is 6.07 Å². The van der Waals surface area contributed by atoms with Crippen LogP contribution in [0.1, 0.15) is 5.56 Å². The summed E-state index contributed by atoms with van der Waals surface area (Å²) in [5.41, 5.74) is 5.37. The van der Waals surface area contributed by atoms with Gasteiger partial charge >= 0.3 is 6.09 Å². The number of terminal acetylenes is 1. The first-order valence-electron chi connectivity index (χ1n) is 3.12. The number of amides is 1. The number of rotatable bonds is 1. The van der Waals surface area contributed by atoms with E-state index < -0.39 is 6.09 Å². The molecule has 1 heterocycles. The summed E-state index contributed by atoms with van der Waals surface area (Å²) in [6.45, 7) is 0. The Bertz CT molecular complexity index is 324. The third kappa shape index (κ3) is 1.99. The minimum Gasteiger partial charge on any atom is -0.391 e. The van der Waals surface area contributed by atoms with Gasteiger partial charge in [-0.05, 0) is 6.07 Å². The van der Waals surface area contributed by atoms with Gasteiger partial charge in [-0.25, -0.2) is 9.78 Å². The molecule has 12 heavy (non-hydrogen) atoms. The molecule has 0 spiro atoms. The fourth-order valence-corrected chi connectivity index (χ4v) is 0.629. The second kappa shape index (κ2) is 3.39. The smallest absolute Gasteiger partial charge is 0.391 e. The maximum Gasteiger partial charge on any atom is 0.411 e. The Kier molecular flexibility index (Phi) is 2.29. The number of hydrogen-bond acceptors (Lipinski definition) is 3. The Morgan fingerprint density at radius 3 is 2.83 bits per heavy atom. The number of nitrogens with zero attached hydrogens (tertiary/aromatic N) is 1. The molecule has 2 N–H and O–H groups in total. The largest absolute Gasteiger partial charge is 0.411 e. The Labute approximate surface area is 69.4 Å². The van der Waals surface area contributed by atoms with Crippen LogP contribution in [0.4, 0.5) is 4.79 Å². The molecule has 60 valence electrons. The number of aromatic nitrogens is 1. The Morgan fingerprint density at radius 1 is 1.67 bits per heavy atom. The second-order valence-electron chi connectivity index (χ2n) is 1.95. The van der Waals surface area contributed by atoms with Gasteiger partial charge in [0, 0.05) is 17.8 Å². The van der Waals surface area contributed by atoms with E-state index in [-0.39, 0.29) is 5.88 Å². The van der Waals surface area contributed by atoms with Crippen LogP contribution >= 0.6 is 0 Å². The van der Waals surface area contributed by atoms with Crippen LogP contribution in [-0.2, 0) is 0 Å². The molecule has 0 bridgehead atoms. The van der Waals surface area contributed by atoms with Crippen LogP contribution in [0.3, 0.4) is 0 Å². The van der Waals surface area contributed by atoms with Gasteiger partial charge in [0.1, 0.15) is 0 Å². The van der Waals surface area contributed by atoms with Crippen LogP contribution in [0.2, 0.25) is 0 Å². The summed E-state index contributed by atoms with van der Waals surface area (Å²) in [7, 11) is 0. The Balaban J connectivity index is 2.80. The monoisotopic (exact) mass is 162 g/mol. The lowest BCUT2D eigenvalue weighted by molar-refractivity contribution is 0.209. The molecule has 1 rings (SSSR count). The molecule has 0 aliphatic rings. The summed E-state index contributed by atoms with van der Waals surface area (Å²) >= 11 is 0. The van der Waals surface area contributed by atoms with Crippen LogP contribution in [0.5, 0.6) is 5.88 Å². The molecule has 4 heteroatoms. The molecule has 0 aliphatic heterocycles. The lowest BCUT2D eigenvalue weighted by Gasteiger charge is -1.97. The molecule has 1 aromatic heterocycles. The van der Waals surface area contributed by atoms with Crippen molar-refractivity contribution in [2.75, 3.05) is 0 Å². The first-order valence-corrected chi connectivity index (χ1v) is 3.12. The molecule has 1 amide bonds. The fraction of sp³-hybridized carbons (Fsp3) is 0. The van der Waals surface area contributed by atoms with Gasteiger partial charge in [0.2, 0.25) is 5.88 Å². The number of primary amides is 1. The molecule has 0 radical (unpaired) electrons. The lowest BCUT2D eigenvalue weighted by Crippen LogP contribution is -2.16. The maximum atomic E-state index is 10.2. The van der Waals surface area contributed by atoms with E-state index in [4.69, 9.17) is 12.2 Å². The van der Waals surface area contributed by atoms with Gasteiger partial charge < -0.3 is 10.5 Å². The van der Waals surface area contributed by atoms with E-state index in [0.29, 0.717) is 5.56 Å². The number of hydrogen-bond donors (Lipinski definition) is 1. The molecular weight excluding hydrogens is 156 g/mol. The lowest BCUT2D eigenvalue weighted by atomic mass is 10.3. The van der Waals surface area contributed by atoms with Crippen molar-refractivity contribution in [3.8, 4) is 18.2 Å². The first-order chi connectivity index (χ1) is 5.72. The zero-order valence-corrected chi connectivity index (χ0v) is 6.15. The van der Waals surface area contributed by atoms with Crippen LogP contribution in [-0.4, -0.2) is 11.1 Å². The third-order valence-electron chi connectivity index (χ3n) is 1.11. The Hall–Kier alpha value is -2.02. The molecule has 0 saturated carbocycles. The average molecular weight is 162 g/mol. The summed E-state index contributed by atoms with van der Waals surface area (Å²) in [6, 6.07) is 3.07. The molecule has 0 atom stereocenters. The van der Waals surface area contributed by atoms with Gasteiger partial charge in [0.25, 0.3) is 0 Å². The molecule has 0 aliphatic carbocycles. The highest BCUT2D eigenvalue weighted by molar-refractivity contribution is 5.67. The van der Waals surface area contributed by atoms with E-state index in [1.807, 2.05) is 0 Å². The van der Waals surface area contributed by atoms with Gasteiger partial charge in [-0.1, -0.05) is 5.92 Å². The van der Waals surface area contributed by atoms with Crippen LogP contribution in [0.15, 0.2) is 18.3 Å². The summed E-state index contributed by atoms with van der Waals surface area (Å²) < 4.78 is 4.47. The zero-order valence-electron chi connectivity index (χ0n) is 6.15. The van der Waals surface area contributed by atoms with Gasteiger partial charge in [0.15, 0.2) is 0 Å². The van der Waals surface area contributed by atoms with E-state index in [9.17, 15) is 4.79 Å². The topological polar surface area (TPSA) is 65.2 Å². The highest BCUT2D eigenvalue weighted by atomic mass is 16.6. The van der Waals surface area contributed by atoms with Crippen molar-refractivity contribution in [2.24, 2.45) is 5.73 Å². The standard InChI is InChI=1S/C8H6N2O2/c1-2-6-3-4-7(10-5-6)12-8(9)11/h1,3-5H,(H2,9,11). The predicted molar refractivity (Wildman–Crippen MR) is 42.4 cm³/mol. The van der Waals surface area contributed by atoms with Crippen LogP contribution < -0.4 is 10.5 Å². The SMILES string of the molecule is C#Cc1ccc(OC(N)=O)nc1. The van der Waals surface area contributed by atoms with Crippen molar-refractivity contribution >= 4 is 6.09 Å². The maximum absolute atomic E-state index is 10.2. The van der Waals surface area contributed by atoms with E-state index in [1.165, 1.54) is 12.3 Å². The normalized spacial score (nSPS) is 8.58. The minimum atomic E-state index is -0.893. The molecule has 0 aromatic carbocycles. The number of carbonyl (C=O) groups excluding carboxylic acids is 1. The summed E-state index contributed by atoms with van der Waals surface area (Å²) in [6.07, 6.45) is 5.60. The van der Waals surface area contributed by atoms with Gasteiger partial charge in [-0.3, -0.25) is 0 Å².